The lowest BCUT2D eigenvalue weighted by molar-refractivity contribution is -0.121. The first-order chi connectivity index (χ1) is 15.0. The van der Waals surface area contributed by atoms with Gasteiger partial charge in [-0.3, -0.25) is 9.69 Å². The Morgan fingerprint density at radius 2 is 1.77 bits per heavy atom. The van der Waals surface area contributed by atoms with Gasteiger partial charge in [-0.15, -0.1) is 0 Å². The summed E-state index contributed by atoms with van der Waals surface area (Å²) in [5.41, 5.74) is 4.54. The highest BCUT2D eigenvalue weighted by atomic mass is 16.5. The maximum absolute atomic E-state index is 12.9. The molecule has 1 saturated heterocycles. The van der Waals surface area contributed by atoms with Crippen molar-refractivity contribution >= 4 is 11.6 Å². The molecule has 0 saturated carbocycles. The number of amides is 1. The van der Waals surface area contributed by atoms with Crippen LogP contribution >= 0.6 is 0 Å². The molecule has 2 unspecified atom stereocenters. The summed E-state index contributed by atoms with van der Waals surface area (Å²) in [7, 11) is 0. The van der Waals surface area contributed by atoms with Gasteiger partial charge in [0, 0.05) is 31.9 Å². The van der Waals surface area contributed by atoms with E-state index in [-0.39, 0.29) is 11.9 Å². The summed E-state index contributed by atoms with van der Waals surface area (Å²) in [5.74, 6) is 1.74. The molecule has 1 fully saturated rings. The Bertz CT molecular complexity index is 885. The second-order valence-electron chi connectivity index (χ2n) is 8.97. The monoisotopic (exact) mass is 421 g/mol. The molecule has 166 valence electrons. The average molecular weight is 422 g/mol. The van der Waals surface area contributed by atoms with Gasteiger partial charge in [-0.1, -0.05) is 36.4 Å². The van der Waals surface area contributed by atoms with Crippen LogP contribution in [-0.2, 0) is 4.79 Å². The largest absolute Gasteiger partial charge is 0.493 e. The molecule has 1 amide bonds. The third-order valence-electron chi connectivity index (χ3n) is 6.94. The molecule has 0 spiro atoms. The molecule has 2 atom stereocenters. The van der Waals surface area contributed by atoms with Crippen molar-refractivity contribution in [3.63, 3.8) is 0 Å². The Kier molecular flexibility index (Phi) is 6.93. The zero-order valence-corrected chi connectivity index (χ0v) is 19.1. The summed E-state index contributed by atoms with van der Waals surface area (Å²) in [6.45, 7) is 12.0. The predicted molar refractivity (Wildman–Crippen MR) is 126 cm³/mol. The number of nitrogens with zero attached hydrogens (tertiary/aromatic N) is 2. The lowest BCUT2D eigenvalue weighted by Gasteiger charge is -2.38. The number of carbonyl (C=O) groups excluding carboxylic acids is 1. The van der Waals surface area contributed by atoms with Crippen molar-refractivity contribution < 1.29 is 9.53 Å². The van der Waals surface area contributed by atoms with E-state index < -0.39 is 0 Å². The molecule has 2 aliphatic heterocycles. The van der Waals surface area contributed by atoms with Crippen LogP contribution in [0.1, 0.15) is 42.4 Å². The van der Waals surface area contributed by atoms with Gasteiger partial charge in [-0.05, 0) is 68.8 Å². The van der Waals surface area contributed by atoms with Crippen molar-refractivity contribution in [2.45, 2.75) is 45.6 Å². The van der Waals surface area contributed by atoms with Crippen LogP contribution < -0.4 is 10.1 Å². The molecule has 4 rings (SSSR count). The lowest BCUT2D eigenvalue weighted by Crippen LogP contribution is -2.53. The van der Waals surface area contributed by atoms with E-state index in [9.17, 15) is 4.79 Å². The number of benzene rings is 2. The summed E-state index contributed by atoms with van der Waals surface area (Å²) in [4.78, 5) is 17.7. The number of nitrogens with one attached hydrogen (secondary N) is 1. The van der Waals surface area contributed by atoms with Crippen molar-refractivity contribution in [1.29, 1.82) is 0 Å². The van der Waals surface area contributed by atoms with E-state index in [1.807, 2.05) is 39.0 Å². The van der Waals surface area contributed by atoms with Gasteiger partial charge in [0.15, 0.2) is 0 Å². The number of hydrogen-bond donors (Lipinski definition) is 1. The quantitative estimate of drug-likeness (QED) is 0.759. The van der Waals surface area contributed by atoms with E-state index in [0.717, 1.165) is 68.3 Å². The van der Waals surface area contributed by atoms with Gasteiger partial charge in [-0.25, -0.2) is 0 Å². The molecule has 2 aromatic carbocycles. The molecule has 5 nitrogen and oxygen atoms in total. The van der Waals surface area contributed by atoms with Crippen LogP contribution in [0.25, 0.3) is 0 Å². The van der Waals surface area contributed by atoms with Crippen LogP contribution in [0.4, 0.5) is 5.69 Å². The molecular weight excluding hydrogens is 386 g/mol. The molecule has 2 heterocycles. The summed E-state index contributed by atoms with van der Waals surface area (Å²) in [5, 5.41) is 3.16. The van der Waals surface area contributed by atoms with Crippen LogP contribution in [0.15, 0.2) is 42.5 Å². The Balaban J connectivity index is 1.25. The summed E-state index contributed by atoms with van der Waals surface area (Å²) < 4.78 is 5.81. The van der Waals surface area contributed by atoms with E-state index in [2.05, 4.69) is 39.4 Å². The van der Waals surface area contributed by atoms with E-state index in [4.69, 9.17) is 4.74 Å². The summed E-state index contributed by atoms with van der Waals surface area (Å²) >= 11 is 0. The molecule has 0 aromatic heterocycles. The minimum absolute atomic E-state index is 0.0877. The normalized spacial score (nSPS) is 20.5. The fraction of sp³-hybridized carbons (Fsp3) is 0.500. The molecule has 0 aliphatic carbocycles. The number of hydrogen-bond acceptors (Lipinski definition) is 4. The zero-order chi connectivity index (χ0) is 21.8. The van der Waals surface area contributed by atoms with Crippen LogP contribution in [0.5, 0.6) is 5.75 Å². The van der Waals surface area contributed by atoms with Gasteiger partial charge in [0.1, 0.15) is 5.75 Å². The molecule has 31 heavy (non-hydrogen) atoms. The van der Waals surface area contributed by atoms with Crippen LogP contribution in [0, 0.1) is 13.8 Å². The molecular formula is C26H35N3O2. The summed E-state index contributed by atoms with van der Waals surface area (Å²) in [6, 6.07) is 14.5. The molecule has 1 N–H and O–H groups in total. The van der Waals surface area contributed by atoms with Crippen molar-refractivity contribution in [3.05, 3.63) is 59.2 Å². The van der Waals surface area contributed by atoms with E-state index in [1.54, 1.807) is 0 Å². The Hall–Kier alpha value is -2.37. The smallest absolute Gasteiger partial charge is 0.241 e. The number of carbonyl (C=O) groups is 1. The van der Waals surface area contributed by atoms with Gasteiger partial charge in [0.2, 0.25) is 5.91 Å². The number of ether oxygens (including phenoxy) is 1. The highest BCUT2D eigenvalue weighted by molar-refractivity contribution is 5.95. The first-order valence-electron chi connectivity index (χ1n) is 11.6. The van der Waals surface area contributed by atoms with Gasteiger partial charge in [0.25, 0.3) is 0 Å². The number of piperazine rings is 1. The van der Waals surface area contributed by atoms with Gasteiger partial charge < -0.3 is 15.0 Å². The highest BCUT2D eigenvalue weighted by Crippen LogP contribution is 2.35. The van der Waals surface area contributed by atoms with E-state index in [0.29, 0.717) is 5.92 Å². The predicted octanol–water partition coefficient (Wildman–Crippen LogP) is 4.20. The van der Waals surface area contributed by atoms with Crippen LogP contribution in [-0.4, -0.2) is 61.1 Å². The number of anilines is 1. The Labute approximate surface area is 186 Å². The average Bonchev–Trinajstić information content (AvgIpc) is 2.80. The molecule has 0 radical (unpaired) electrons. The third kappa shape index (κ3) is 5.10. The van der Waals surface area contributed by atoms with E-state index >= 15 is 0 Å². The van der Waals surface area contributed by atoms with Crippen LogP contribution in [0.3, 0.4) is 0 Å². The lowest BCUT2D eigenvalue weighted by atomic mass is 9.90. The number of aryl methyl sites for hydroxylation is 2. The highest BCUT2D eigenvalue weighted by Gasteiger charge is 2.27. The van der Waals surface area contributed by atoms with Crippen LogP contribution in [0.2, 0.25) is 0 Å². The minimum Gasteiger partial charge on any atom is -0.493 e. The molecule has 0 bridgehead atoms. The van der Waals surface area contributed by atoms with Gasteiger partial charge >= 0.3 is 0 Å². The van der Waals surface area contributed by atoms with Crippen molar-refractivity contribution in [2.75, 3.05) is 44.6 Å². The SMILES string of the molecule is Cc1cccc(C)c1NC(=O)C(C)N1CCN(CCC2CCOc3ccccc32)CC1. The number of fused-ring (bicyclic) bond motifs is 1. The standard InChI is InChI=1S/C26H35N3O2/c1-19-7-6-8-20(2)25(19)27-26(30)21(3)29-16-14-28(15-17-29)13-11-22-12-18-31-24-10-5-4-9-23(22)24/h4-10,21-22H,11-18H2,1-3H3,(H,27,30). The fourth-order valence-corrected chi connectivity index (χ4v) is 4.83. The third-order valence-corrected chi connectivity index (χ3v) is 6.94. The topological polar surface area (TPSA) is 44.8 Å². The summed E-state index contributed by atoms with van der Waals surface area (Å²) in [6.07, 6.45) is 2.27. The number of rotatable bonds is 6. The first-order valence-corrected chi connectivity index (χ1v) is 11.6. The minimum atomic E-state index is -0.122. The fourth-order valence-electron chi connectivity index (χ4n) is 4.83. The second kappa shape index (κ2) is 9.84. The van der Waals surface area contributed by atoms with Gasteiger partial charge in [0.05, 0.1) is 12.6 Å². The zero-order valence-electron chi connectivity index (χ0n) is 19.1. The second-order valence-corrected chi connectivity index (χ2v) is 8.97. The molecule has 2 aliphatic rings. The van der Waals surface area contributed by atoms with Crippen molar-refractivity contribution in [3.8, 4) is 5.75 Å². The maximum Gasteiger partial charge on any atom is 0.241 e. The van der Waals surface area contributed by atoms with Gasteiger partial charge in [-0.2, -0.15) is 0 Å². The Morgan fingerprint density at radius 3 is 2.52 bits per heavy atom. The molecule has 5 heteroatoms. The number of para-hydroxylation sites is 2. The Morgan fingerprint density at radius 1 is 1.06 bits per heavy atom. The van der Waals surface area contributed by atoms with E-state index in [1.165, 1.54) is 12.0 Å². The van der Waals surface area contributed by atoms with Crippen molar-refractivity contribution in [2.24, 2.45) is 0 Å². The van der Waals surface area contributed by atoms with Crippen molar-refractivity contribution in [1.82, 2.24) is 9.80 Å². The molecule has 2 aromatic rings. The first kappa shape index (κ1) is 21.8. The maximum atomic E-state index is 12.9.